The summed E-state index contributed by atoms with van der Waals surface area (Å²) in [6.45, 7) is 3.40. The van der Waals surface area contributed by atoms with Gasteiger partial charge in [-0.15, -0.1) is 0 Å². The van der Waals surface area contributed by atoms with Gasteiger partial charge >= 0.3 is 11.9 Å². The molecule has 1 aliphatic rings. The van der Waals surface area contributed by atoms with Crippen molar-refractivity contribution in [3.8, 4) is 0 Å². The molecule has 2 rings (SSSR count). The van der Waals surface area contributed by atoms with Crippen LogP contribution in [0.5, 0.6) is 0 Å². The third-order valence-electron chi connectivity index (χ3n) is 3.71. The van der Waals surface area contributed by atoms with Crippen LogP contribution in [0.1, 0.15) is 31.9 Å². The largest absolute Gasteiger partial charge is 0.469 e. The van der Waals surface area contributed by atoms with Gasteiger partial charge in [-0.25, -0.2) is 0 Å². The number of hydrogen-bond donors (Lipinski definition) is 0. The highest BCUT2D eigenvalue weighted by Gasteiger charge is 2.53. The molecule has 0 amide bonds. The molecule has 3 atom stereocenters. The molecule has 0 N–H and O–H groups in total. The Morgan fingerprint density at radius 1 is 1.09 bits per heavy atom. The summed E-state index contributed by atoms with van der Waals surface area (Å²) in [6, 6.07) is 3.08. The molecule has 7 nitrogen and oxygen atoms in total. The maximum Gasteiger partial charge on any atom is 0.317 e. The summed E-state index contributed by atoms with van der Waals surface area (Å²) < 4.78 is 15.1. The summed E-state index contributed by atoms with van der Waals surface area (Å²) in [4.78, 5) is 48.9. The second kappa shape index (κ2) is 7.21. The van der Waals surface area contributed by atoms with Crippen LogP contribution in [-0.2, 0) is 28.7 Å². The van der Waals surface area contributed by atoms with Gasteiger partial charge in [0, 0.05) is 0 Å². The lowest BCUT2D eigenvalue weighted by molar-refractivity contribution is -0.161. The first-order valence-corrected chi connectivity index (χ1v) is 7.43. The Balaban J connectivity index is 2.47. The predicted octanol–water partition coefficient (Wildman–Crippen LogP) is 1.26. The number of hydrogen-bond acceptors (Lipinski definition) is 7. The van der Waals surface area contributed by atoms with Gasteiger partial charge in [-0.2, -0.15) is 0 Å². The van der Waals surface area contributed by atoms with Gasteiger partial charge in [-0.05, 0) is 26.0 Å². The molecular weight excluding hydrogens is 304 g/mol. The first-order valence-electron chi connectivity index (χ1n) is 7.43. The fraction of sp³-hybridized carbons (Fsp3) is 0.500. The minimum Gasteiger partial charge on any atom is -0.469 e. The van der Waals surface area contributed by atoms with Crippen LogP contribution in [0.4, 0.5) is 0 Å². The number of carbonyl (C=O) groups excluding carboxylic acids is 4. The van der Waals surface area contributed by atoms with Gasteiger partial charge in [-0.3, -0.25) is 19.2 Å². The predicted molar refractivity (Wildman–Crippen MR) is 76.3 cm³/mol. The Hall–Kier alpha value is -2.44. The molecule has 1 aromatic heterocycles. The summed E-state index contributed by atoms with van der Waals surface area (Å²) in [5, 5.41) is 0. The van der Waals surface area contributed by atoms with E-state index in [4.69, 9.17) is 13.9 Å². The van der Waals surface area contributed by atoms with E-state index in [0.29, 0.717) is 0 Å². The lowest BCUT2D eigenvalue weighted by Gasteiger charge is -2.32. The maximum atomic E-state index is 12.2. The van der Waals surface area contributed by atoms with Gasteiger partial charge in [0.15, 0.2) is 11.6 Å². The number of furan rings is 1. The Morgan fingerprint density at radius 3 is 2.00 bits per heavy atom. The van der Waals surface area contributed by atoms with Crippen LogP contribution in [0, 0.1) is 11.8 Å². The first-order chi connectivity index (χ1) is 11.0. The van der Waals surface area contributed by atoms with E-state index in [-0.39, 0.29) is 19.0 Å². The number of rotatable bonds is 5. The maximum absolute atomic E-state index is 12.2. The summed E-state index contributed by atoms with van der Waals surface area (Å²) in [5.41, 5.74) is 0. The fourth-order valence-corrected chi connectivity index (χ4v) is 2.81. The van der Waals surface area contributed by atoms with Gasteiger partial charge in [0.1, 0.15) is 17.6 Å². The molecule has 0 radical (unpaired) electrons. The van der Waals surface area contributed by atoms with Crippen LogP contribution in [0.2, 0.25) is 0 Å². The van der Waals surface area contributed by atoms with Crippen molar-refractivity contribution in [2.24, 2.45) is 11.8 Å². The molecule has 1 aromatic rings. The van der Waals surface area contributed by atoms with Crippen LogP contribution >= 0.6 is 0 Å². The number of ketones is 2. The molecule has 1 heterocycles. The standard InChI is InChI=1S/C16H18O7/c1-3-21-15(19)12-9(17)8-10(18)13(16(20)22-4-2)14(12)11-6-5-7-23-11/h5-7,12-14H,3-4,8H2,1-2H3/t12-,13+,14?. The molecule has 0 spiro atoms. The second-order valence-electron chi connectivity index (χ2n) is 5.11. The van der Waals surface area contributed by atoms with Crippen molar-refractivity contribution in [2.75, 3.05) is 13.2 Å². The summed E-state index contributed by atoms with van der Waals surface area (Å²) in [5.74, 6) is -6.02. The number of esters is 2. The number of carbonyl (C=O) groups is 4. The van der Waals surface area contributed by atoms with Gasteiger partial charge < -0.3 is 13.9 Å². The zero-order valence-corrected chi connectivity index (χ0v) is 12.9. The quantitative estimate of drug-likeness (QED) is 0.594. The Morgan fingerprint density at radius 2 is 1.61 bits per heavy atom. The normalized spacial score (nSPS) is 24.3. The van der Waals surface area contributed by atoms with E-state index < -0.39 is 47.7 Å². The fourth-order valence-electron chi connectivity index (χ4n) is 2.81. The van der Waals surface area contributed by atoms with E-state index in [9.17, 15) is 19.2 Å². The Kier molecular flexibility index (Phi) is 5.31. The van der Waals surface area contributed by atoms with E-state index in [1.54, 1.807) is 19.9 Å². The Labute approximate surface area is 132 Å². The molecule has 0 aromatic carbocycles. The molecule has 0 aliphatic heterocycles. The third kappa shape index (κ3) is 3.33. The highest BCUT2D eigenvalue weighted by molar-refractivity contribution is 6.16. The highest BCUT2D eigenvalue weighted by Crippen LogP contribution is 2.40. The zero-order chi connectivity index (χ0) is 17.0. The third-order valence-corrected chi connectivity index (χ3v) is 3.71. The van der Waals surface area contributed by atoms with E-state index in [1.165, 1.54) is 12.3 Å². The minimum absolute atomic E-state index is 0.0888. The van der Waals surface area contributed by atoms with Crippen LogP contribution < -0.4 is 0 Å². The number of ether oxygens (including phenoxy) is 2. The molecule has 124 valence electrons. The molecule has 23 heavy (non-hydrogen) atoms. The average Bonchev–Trinajstić information content (AvgIpc) is 3.00. The van der Waals surface area contributed by atoms with Gasteiger partial charge in [0.05, 0.1) is 31.8 Å². The van der Waals surface area contributed by atoms with Crippen molar-refractivity contribution < 1.29 is 33.1 Å². The molecule has 1 aliphatic carbocycles. The van der Waals surface area contributed by atoms with Crippen molar-refractivity contribution in [1.82, 2.24) is 0 Å². The van der Waals surface area contributed by atoms with Crippen molar-refractivity contribution in [3.05, 3.63) is 24.2 Å². The highest BCUT2D eigenvalue weighted by atomic mass is 16.5. The van der Waals surface area contributed by atoms with E-state index in [2.05, 4.69) is 0 Å². The van der Waals surface area contributed by atoms with Crippen molar-refractivity contribution in [3.63, 3.8) is 0 Å². The summed E-state index contributed by atoms with van der Waals surface area (Å²) >= 11 is 0. The Bertz CT molecular complexity index is 566. The molecule has 0 bridgehead atoms. The lowest BCUT2D eigenvalue weighted by Crippen LogP contribution is -2.47. The second-order valence-corrected chi connectivity index (χ2v) is 5.11. The molecule has 1 fully saturated rings. The van der Waals surface area contributed by atoms with Gasteiger partial charge in [-0.1, -0.05) is 0 Å². The van der Waals surface area contributed by atoms with Crippen LogP contribution in [-0.4, -0.2) is 36.7 Å². The van der Waals surface area contributed by atoms with Crippen molar-refractivity contribution >= 4 is 23.5 Å². The topological polar surface area (TPSA) is 99.9 Å². The summed E-state index contributed by atoms with van der Waals surface area (Å²) in [7, 11) is 0. The van der Waals surface area contributed by atoms with E-state index in [1.807, 2.05) is 0 Å². The van der Waals surface area contributed by atoms with Crippen LogP contribution in [0.15, 0.2) is 22.8 Å². The molecule has 1 unspecified atom stereocenters. The van der Waals surface area contributed by atoms with E-state index >= 15 is 0 Å². The van der Waals surface area contributed by atoms with E-state index in [0.717, 1.165) is 0 Å². The SMILES string of the molecule is CCOC(=O)[C@H]1C(=O)CC(=O)[C@@H](C(=O)OCC)C1c1ccco1. The van der Waals surface area contributed by atoms with Crippen LogP contribution in [0.25, 0.3) is 0 Å². The summed E-state index contributed by atoms with van der Waals surface area (Å²) in [6.07, 6.45) is 0.855. The molecular formula is C16H18O7. The first kappa shape index (κ1) is 16.9. The zero-order valence-electron chi connectivity index (χ0n) is 12.9. The minimum atomic E-state index is -1.26. The molecule has 0 saturated heterocycles. The molecule has 7 heteroatoms. The number of Topliss-reactive ketones (excluding diaryl/α,β-unsaturated/α-hetero) is 2. The average molecular weight is 322 g/mol. The molecule has 1 saturated carbocycles. The van der Waals surface area contributed by atoms with Crippen molar-refractivity contribution in [2.45, 2.75) is 26.2 Å². The smallest absolute Gasteiger partial charge is 0.317 e. The lowest BCUT2D eigenvalue weighted by atomic mass is 9.69. The van der Waals surface area contributed by atoms with Gasteiger partial charge in [0.2, 0.25) is 0 Å². The van der Waals surface area contributed by atoms with Gasteiger partial charge in [0.25, 0.3) is 0 Å². The van der Waals surface area contributed by atoms with Crippen molar-refractivity contribution in [1.29, 1.82) is 0 Å². The van der Waals surface area contributed by atoms with Crippen LogP contribution in [0.3, 0.4) is 0 Å². The monoisotopic (exact) mass is 322 g/mol.